The summed E-state index contributed by atoms with van der Waals surface area (Å²) in [7, 11) is 0. The zero-order valence-electron chi connectivity index (χ0n) is 14.7. The summed E-state index contributed by atoms with van der Waals surface area (Å²) in [6, 6.07) is 16.1. The smallest absolute Gasteiger partial charge is 0.416 e. The summed E-state index contributed by atoms with van der Waals surface area (Å²) < 4.78 is 39.6. The molecule has 29 heavy (non-hydrogen) atoms. The number of hydrogen-bond acceptors (Lipinski definition) is 3. The zero-order chi connectivity index (χ0) is 21.0. The van der Waals surface area contributed by atoms with Gasteiger partial charge in [-0.3, -0.25) is 4.79 Å². The summed E-state index contributed by atoms with van der Waals surface area (Å²) >= 11 is 6.97. The van der Waals surface area contributed by atoms with Gasteiger partial charge in [-0.2, -0.15) is 17.9 Å². The zero-order valence-corrected chi connectivity index (χ0v) is 16.3. The Balaban J connectivity index is 1.93. The van der Waals surface area contributed by atoms with E-state index in [1.807, 2.05) is 0 Å². The number of anilines is 1. The van der Waals surface area contributed by atoms with Crippen LogP contribution in [0.1, 0.15) is 16.4 Å². The quantitative estimate of drug-likeness (QED) is 0.327. The van der Waals surface area contributed by atoms with Crippen LogP contribution in [0.25, 0.3) is 0 Å². The lowest BCUT2D eigenvalue weighted by atomic mass is 10.1. The average molecular weight is 439 g/mol. The molecule has 2 aromatic carbocycles. The minimum absolute atomic E-state index is 0.0261. The van der Waals surface area contributed by atoms with E-state index in [0.717, 1.165) is 30.0 Å². The van der Waals surface area contributed by atoms with E-state index >= 15 is 0 Å². The summed E-state index contributed by atoms with van der Waals surface area (Å²) in [5.41, 5.74) is -0.500. The van der Waals surface area contributed by atoms with Gasteiger partial charge in [0.2, 0.25) is 5.91 Å². The minimum atomic E-state index is -4.57. The molecule has 9 heteroatoms. The third-order valence-corrected chi connectivity index (χ3v) is 5.53. The van der Waals surface area contributed by atoms with Crippen LogP contribution in [0, 0.1) is 5.21 Å². The number of thioether (sulfide) groups is 1. The number of aromatic nitrogens is 1. The van der Waals surface area contributed by atoms with Gasteiger partial charge in [-0.05, 0) is 41.6 Å². The highest BCUT2D eigenvalue weighted by Crippen LogP contribution is 2.37. The standard InChI is InChI=1S/C20H14ClF3N2O2S/c21-15-10-9-14(20(22,23)24)12-16(15)25-19(27)18(13-6-2-1-3-7-13)29-17-8-4-5-11-26(17)28/h1-12,18H,(H,25,27)/t18-/m1/s1. The Morgan fingerprint density at radius 1 is 1.07 bits per heavy atom. The molecule has 1 N–H and O–H groups in total. The number of pyridine rings is 1. The number of alkyl halides is 3. The number of benzene rings is 2. The summed E-state index contributed by atoms with van der Waals surface area (Å²) in [5, 5.41) is 13.8. The highest BCUT2D eigenvalue weighted by atomic mass is 35.5. The molecule has 0 aliphatic rings. The van der Waals surface area contributed by atoms with Gasteiger partial charge in [0, 0.05) is 12.1 Å². The molecule has 0 bridgehead atoms. The molecular weight excluding hydrogens is 425 g/mol. The van der Waals surface area contributed by atoms with Crippen LogP contribution in [-0.4, -0.2) is 5.91 Å². The maximum atomic E-state index is 13.0. The topological polar surface area (TPSA) is 56.0 Å². The van der Waals surface area contributed by atoms with Gasteiger partial charge in [-0.1, -0.05) is 41.9 Å². The van der Waals surface area contributed by atoms with Crippen LogP contribution in [0.15, 0.2) is 78.0 Å². The lowest BCUT2D eigenvalue weighted by molar-refractivity contribution is -0.645. The molecule has 4 nitrogen and oxygen atoms in total. The molecule has 0 spiro atoms. The van der Waals surface area contributed by atoms with E-state index in [0.29, 0.717) is 10.3 Å². The Kier molecular flexibility index (Phi) is 6.34. The van der Waals surface area contributed by atoms with E-state index in [1.165, 1.54) is 6.20 Å². The predicted octanol–water partition coefficient (Wildman–Crippen LogP) is 5.46. The van der Waals surface area contributed by atoms with Crippen LogP contribution in [0.3, 0.4) is 0 Å². The van der Waals surface area contributed by atoms with Gasteiger partial charge in [0.05, 0.1) is 16.3 Å². The van der Waals surface area contributed by atoms with Crippen LogP contribution < -0.4 is 10.0 Å². The first-order valence-corrected chi connectivity index (χ1v) is 9.59. The fourth-order valence-electron chi connectivity index (χ4n) is 2.52. The monoisotopic (exact) mass is 438 g/mol. The van der Waals surface area contributed by atoms with E-state index < -0.39 is 22.9 Å². The molecule has 0 radical (unpaired) electrons. The predicted molar refractivity (Wildman–Crippen MR) is 106 cm³/mol. The molecule has 0 unspecified atom stereocenters. The molecule has 0 aliphatic carbocycles. The van der Waals surface area contributed by atoms with Gasteiger partial charge in [0.25, 0.3) is 5.03 Å². The molecule has 0 fully saturated rings. The van der Waals surface area contributed by atoms with Crippen molar-refractivity contribution in [2.75, 3.05) is 5.32 Å². The number of nitrogens with zero attached hydrogens (tertiary/aromatic N) is 1. The molecule has 1 heterocycles. The molecule has 150 valence electrons. The summed E-state index contributed by atoms with van der Waals surface area (Å²) in [6.45, 7) is 0. The van der Waals surface area contributed by atoms with Crippen molar-refractivity contribution in [1.29, 1.82) is 0 Å². The van der Waals surface area contributed by atoms with E-state index in [9.17, 15) is 23.2 Å². The molecule has 1 atom stereocenters. The van der Waals surface area contributed by atoms with Crippen LogP contribution in [0.4, 0.5) is 18.9 Å². The lowest BCUT2D eigenvalue weighted by Crippen LogP contribution is -2.29. The first-order valence-electron chi connectivity index (χ1n) is 8.33. The van der Waals surface area contributed by atoms with Crippen LogP contribution in [-0.2, 0) is 11.0 Å². The van der Waals surface area contributed by atoms with Crippen molar-refractivity contribution in [3.8, 4) is 0 Å². The van der Waals surface area contributed by atoms with Gasteiger partial charge in [-0.25, -0.2) is 0 Å². The average Bonchev–Trinajstić information content (AvgIpc) is 2.68. The molecule has 0 saturated heterocycles. The van der Waals surface area contributed by atoms with Gasteiger partial charge in [0.1, 0.15) is 5.25 Å². The number of nitrogens with one attached hydrogen (secondary N) is 1. The van der Waals surface area contributed by atoms with Gasteiger partial charge >= 0.3 is 6.18 Å². The van der Waals surface area contributed by atoms with E-state index in [1.54, 1.807) is 48.5 Å². The van der Waals surface area contributed by atoms with Crippen LogP contribution >= 0.6 is 23.4 Å². The third-order valence-electron chi connectivity index (χ3n) is 3.92. The van der Waals surface area contributed by atoms with Gasteiger partial charge in [0.15, 0.2) is 6.20 Å². The Morgan fingerprint density at radius 3 is 2.41 bits per heavy atom. The number of amides is 1. The second-order valence-electron chi connectivity index (χ2n) is 5.95. The second kappa shape index (κ2) is 8.75. The molecule has 3 rings (SSSR count). The summed E-state index contributed by atoms with van der Waals surface area (Å²) in [4.78, 5) is 13.0. The van der Waals surface area contributed by atoms with Gasteiger partial charge in [-0.15, -0.1) is 0 Å². The molecule has 1 amide bonds. The van der Waals surface area contributed by atoms with Crippen molar-refractivity contribution in [2.24, 2.45) is 0 Å². The fraction of sp³-hybridized carbons (Fsp3) is 0.100. The van der Waals surface area contributed by atoms with Crippen molar-refractivity contribution < 1.29 is 22.7 Å². The lowest BCUT2D eigenvalue weighted by Gasteiger charge is -2.17. The molecule has 0 aliphatic heterocycles. The molecule has 0 saturated carbocycles. The number of rotatable bonds is 5. The Labute approximate surface area is 173 Å². The van der Waals surface area contributed by atoms with E-state index in [4.69, 9.17) is 11.6 Å². The normalized spacial score (nSPS) is 12.4. The van der Waals surface area contributed by atoms with Crippen molar-refractivity contribution in [3.05, 3.63) is 94.3 Å². The minimum Gasteiger partial charge on any atom is -0.618 e. The molecular formula is C20H14ClF3N2O2S. The Bertz CT molecular complexity index is 1020. The largest absolute Gasteiger partial charge is 0.618 e. The first kappa shape index (κ1) is 21.0. The fourth-order valence-corrected chi connectivity index (χ4v) is 3.71. The van der Waals surface area contributed by atoms with E-state index in [2.05, 4.69) is 5.32 Å². The summed E-state index contributed by atoms with van der Waals surface area (Å²) in [6.07, 6.45) is -3.28. The Morgan fingerprint density at radius 2 is 1.76 bits per heavy atom. The maximum absolute atomic E-state index is 13.0. The van der Waals surface area contributed by atoms with E-state index in [-0.39, 0.29) is 15.7 Å². The number of halogens is 4. The number of carbonyl (C=O) groups excluding carboxylic acids is 1. The number of carbonyl (C=O) groups is 1. The first-order chi connectivity index (χ1) is 13.8. The highest BCUT2D eigenvalue weighted by Gasteiger charge is 2.32. The molecule has 1 aromatic heterocycles. The second-order valence-corrected chi connectivity index (χ2v) is 7.49. The SMILES string of the molecule is O=C(Nc1cc(C(F)(F)F)ccc1Cl)[C@H](Sc1cccc[n+]1[O-])c1ccccc1. The van der Waals surface area contributed by atoms with Crippen LogP contribution in [0.2, 0.25) is 5.02 Å². The van der Waals surface area contributed by atoms with Crippen molar-refractivity contribution in [1.82, 2.24) is 0 Å². The molecule has 3 aromatic rings. The van der Waals surface area contributed by atoms with Crippen molar-refractivity contribution in [3.63, 3.8) is 0 Å². The van der Waals surface area contributed by atoms with Crippen molar-refractivity contribution >= 4 is 35.0 Å². The van der Waals surface area contributed by atoms with Gasteiger partial charge < -0.3 is 10.5 Å². The highest BCUT2D eigenvalue weighted by molar-refractivity contribution is 8.00. The Hall–Kier alpha value is -2.71. The van der Waals surface area contributed by atoms with Crippen LogP contribution in [0.5, 0.6) is 0 Å². The third kappa shape index (κ3) is 5.21. The van der Waals surface area contributed by atoms with Crippen molar-refractivity contribution in [2.45, 2.75) is 16.5 Å². The number of hydrogen-bond donors (Lipinski definition) is 1. The summed E-state index contributed by atoms with van der Waals surface area (Å²) in [5.74, 6) is -0.605. The maximum Gasteiger partial charge on any atom is 0.416 e.